The van der Waals surface area contributed by atoms with Crippen molar-refractivity contribution in [1.82, 2.24) is 15.1 Å². The molecule has 0 bridgehead atoms. The van der Waals surface area contributed by atoms with E-state index in [2.05, 4.69) is 15.2 Å². The summed E-state index contributed by atoms with van der Waals surface area (Å²) in [5.74, 6) is -0.0919. The standard InChI is InChI=1S/C17H17F2N3O2S/c1-9(11-4-6-12(7-5-11)24-17(18)19)20-15(23)14-8-13-10(2)21-22(3)16(13)25-14/h4-9,17H,1-3H3,(H,20,23). The molecule has 5 nitrogen and oxygen atoms in total. The second-order valence-corrected chi connectivity index (χ2v) is 6.71. The van der Waals surface area contributed by atoms with Crippen LogP contribution in [0, 0.1) is 6.92 Å². The number of nitrogens with one attached hydrogen (secondary N) is 1. The maximum atomic E-state index is 12.5. The Kier molecular flexibility index (Phi) is 4.71. The zero-order valence-corrected chi connectivity index (χ0v) is 14.7. The Morgan fingerprint density at radius 1 is 1.32 bits per heavy atom. The van der Waals surface area contributed by atoms with E-state index in [9.17, 15) is 13.6 Å². The third kappa shape index (κ3) is 3.63. The number of nitrogens with zero attached hydrogens (tertiary/aromatic N) is 2. The number of ether oxygens (including phenoxy) is 1. The lowest BCUT2D eigenvalue weighted by Gasteiger charge is -2.14. The van der Waals surface area contributed by atoms with Crippen LogP contribution in [-0.4, -0.2) is 22.3 Å². The monoisotopic (exact) mass is 365 g/mol. The molecular formula is C17H17F2N3O2S. The highest BCUT2D eigenvalue weighted by Crippen LogP contribution is 2.28. The number of thiophene rings is 1. The first-order chi connectivity index (χ1) is 11.8. The van der Waals surface area contributed by atoms with Crippen LogP contribution < -0.4 is 10.1 Å². The molecule has 8 heteroatoms. The van der Waals surface area contributed by atoms with Gasteiger partial charge in [-0.3, -0.25) is 9.48 Å². The maximum absolute atomic E-state index is 12.5. The summed E-state index contributed by atoms with van der Waals surface area (Å²) in [7, 11) is 1.85. The van der Waals surface area contributed by atoms with Gasteiger partial charge >= 0.3 is 6.61 Å². The van der Waals surface area contributed by atoms with Gasteiger partial charge in [0.05, 0.1) is 16.6 Å². The Morgan fingerprint density at radius 3 is 2.60 bits per heavy atom. The van der Waals surface area contributed by atoms with Crippen LogP contribution in [0.2, 0.25) is 0 Å². The predicted molar refractivity (Wildman–Crippen MR) is 92.3 cm³/mol. The van der Waals surface area contributed by atoms with E-state index in [-0.39, 0.29) is 17.7 Å². The van der Waals surface area contributed by atoms with Crippen molar-refractivity contribution < 1.29 is 18.3 Å². The largest absolute Gasteiger partial charge is 0.435 e. The number of benzene rings is 1. The summed E-state index contributed by atoms with van der Waals surface area (Å²) in [4.78, 5) is 14.0. The first-order valence-corrected chi connectivity index (χ1v) is 8.45. The van der Waals surface area contributed by atoms with Crippen LogP contribution in [0.4, 0.5) is 8.78 Å². The van der Waals surface area contributed by atoms with Gasteiger partial charge in [-0.15, -0.1) is 11.3 Å². The van der Waals surface area contributed by atoms with Crippen LogP contribution in [0.1, 0.15) is 33.9 Å². The quantitative estimate of drug-likeness (QED) is 0.743. The zero-order chi connectivity index (χ0) is 18.1. The maximum Gasteiger partial charge on any atom is 0.387 e. The number of fused-ring (bicyclic) bond motifs is 1. The van der Waals surface area contributed by atoms with Crippen molar-refractivity contribution in [1.29, 1.82) is 0 Å². The number of aryl methyl sites for hydroxylation is 2. The van der Waals surface area contributed by atoms with E-state index in [0.29, 0.717) is 4.88 Å². The molecule has 0 fully saturated rings. The molecule has 2 heterocycles. The molecule has 1 N–H and O–H groups in total. The number of hydrogen-bond acceptors (Lipinski definition) is 4. The van der Waals surface area contributed by atoms with Crippen molar-refractivity contribution >= 4 is 27.5 Å². The Bertz CT molecular complexity index is 868. The summed E-state index contributed by atoms with van der Waals surface area (Å²) in [6.45, 7) is 0.887. The van der Waals surface area contributed by atoms with E-state index in [0.717, 1.165) is 21.5 Å². The van der Waals surface area contributed by atoms with Crippen molar-refractivity contribution in [3.63, 3.8) is 0 Å². The van der Waals surface area contributed by atoms with E-state index in [1.165, 1.54) is 23.5 Å². The molecule has 0 aliphatic heterocycles. The topological polar surface area (TPSA) is 56.2 Å². The number of halogens is 2. The lowest BCUT2D eigenvalue weighted by Crippen LogP contribution is -2.25. The van der Waals surface area contributed by atoms with Crippen molar-refractivity contribution in [2.45, 2.75) is 26.5 Å². The van der Waals surface area contributed by atoms with E-state index >= 15 is 0 Å². The van der Waals surface area contributed by atoms with Gasteiger partial charge in [-0.05, 0) is 37.6 Å². The van der Waals surface area contributed by atoms with Gasteiger partial charge in [0.1, 0.15) is 10.6 Å². The summed E-state index contributed by atoms with van der Waals surface area (Å²) in [6, 6.07) is 7.79. The molecular weight excluding hydrogens is 348 g/mol. The summed E-state index contributed by atoms with van der Waals surface area (Å²) in [5.41, 5.74) is 1.68. The van der Waals surface area contributed by atoms with Crippen LogP contribution in [0.3, 0.4) is 0 Å². The average molecular weight is 365 g/mol. The van der Waals surface area contributed by atoms with Gasteiger partial charge in [0.15, 0.2) is 0 Å². The molecule has 0 saturated carbocycles. The van der Waals surface area contributed by atoms with E-state index in [4.69, 9.17) is 0 Å². The third-order valence-electron chi connectivity index (χ3n) is 3.87. The Balaban J connectivity index is 1.71. The lowest BCUT2D eigenvalue weighted by molar-refractivity contribution is -0.0498. The molecule has 1 aromatic carbocycles. The van der Waals surface area contributed by atoms with Gasteiger partial charge in [-0.1, -0.05) is 12.1 Å². The minimum absolute atomic E-state index is 0.0877. The molecule has 1 atom stereocenters. The molecule has 25 heavy (non-hydrogen) atoms. The zero-order valence-electron chi connectivity index (χ0n) is 13.9. The Labute approximate surface area is 147 Å². The Hall–Kier alpha value is -2.48. The second kappa shape index (κ2) is 6.79. The Morgan fingerprint density at radius 2 is 2.00 bits per heavy atom. The molecule has 3 rings (SSSR count). The molecule has 1 unspecified atom stereocenters. The number of rotatable bonds is 5. The van der Waals surface area contributed by atoms with Gasteiger partial charge in [0.25, 0.3) is 5.91 Å². The van der Waals surface area contributed by atoms with Gasteiger partial charge in [0, 0.05) is 12.4 Å². The predicted octanol–water partition coefficient (Wildman–Crippen LogP) is 4.04. The molecule has 132 valence electrons. The van der Waals surface area contributed by atoms with Crippen molar-refractivity contribution in [2.75, 3.05) is 0 Å². The average Bonchev–Trinajstić information content (AvgIpc) is 3.09. The number of hydrogen-bond donors (Lipinski definition) is 1. The van der Waals surface area contributed by atoms with Gasteiger partial charge < -0.3 is 10.1 Å². The molecule has 3 aromatic rings. The number of amides is 1. The smallest absolute Gasteiger partial charge is 0.387 e. The highest BCUT2D eigenvalue weighted by Gasteiger charge is 2.17. The second-order valence-electron chi connectivity index (χ2n) is 5.68. The molecule has 0 spiro atoms. The first-order valence-electron chi connectivity index (χ1n) is 7.64. The van der Waals surface area contributed by atoms with Crippen LogP contribution in [0.15, 0.2) is 30.3 Å². The number of aromatic nitrogens is 2. The van der Waals surface area contributed by atoms with Crippen LogP contribution >= 0.6 is 11.3 Å². The van der Waals surface area contributed by atoms with Gasteiger partial charge in [-0.25, -0.2) is 0 Å². The fraction of sp³-hybridized carbons (Fsp3) is 0.294. The van der Waals surface area contributed by atoms with E-state index < -0.39 is 6.61 Å². The van der Waals surface area contributed by atoms with Crippen LogP contribution in [-0.2, 0) is 7.05 Å². The fourth-order valence-corrected chi connectivity index (χ4v) is 3.63. The summed E-state index contributed by atoms with van der Waals surface area (Å²) in [5, 5.41) is 8.20. The molecule has 0 saturated heterocycles. The minimum Gasteiger partial charge on any atom is -0.435 e. The number of carbonyl (C=O) groups excluding carboxylic acids is 1. The van der Waals surface area contributed by atoms with Crippen LogP contribution in [0.25, 0.3) is 10.2 Å². The van der Waals surface area contributed by atoms with Crippen molar-refractivity contribution in [3.05, 3.63) is 46.5 Å². The summed E-state index contributed by atoms with van der Waals surface area (Å²) < 4.78 is 30.4. The first kappa shape index (κ1) is 17.3. The van der Waals surface area contributed by atoms with Gasteiger partial charge in [-0.2, -0.15) is 13.9 Å². The summed E-state index contributed by atoms with van der Waals surface area (Å²) in [6.07, 6.45) is 0. The van der Waals surface area contributed by atoms with Crippen molar-refractivity contribution in [2.24, 2.45) is 7.05 Å². The van der Waals surface area contributed by atoms with E-state index in [1.807, 2.05) is 27.0 Å². The highest BCUT2D eigenvalue weighted by molar-refractivity contribution is 7.20. The SMILES string of the molecule is Cc1nn(C)c2sc(C(=O)NC(C)c3ccc(OC(F)F)cc3)cc12. The molecule has 0 radical (unpaired) electrons. The molecule has 0 aliphatic carbocycles. The molecule has 1 amide bonds. The summed E-state index contributed by atoms with van der Waals surface area (Å²) >= 11 is 1.38. The molecule has 2 aromatic heterocycles. The number of carbonyl (C=O) groups is 1. The highest BCUT2D eigenvalue weighted by atomic mass is 32.1. The fourth-order valence-electron chi connectivity index (χ4n) is 2.61. The number of alkyl halides is 2. The lowest BCUT2D eigenvalue weighted by atomic mass is 10.1. The molecule has 0 aliphatic rings. The minimum atomic E-state index is -2.85. The van der Waals surface area contributed by atoms with Gasteiger partial charge in [0.2, 0.25) is 0 Å². The third-order valence-corrected chi connectivity index (χ3v) is 5.07. The normalized spacial score (nSPS) is 12.6. The van der Waals surface area contributed by atoms with Crippen molar-refractivity contribution in [3.8, 4) is 5.75 Å². The van der Waals surface area contributed by atoms with E-state index in [1.54, 1.807) is 16.8 Å². The van der Waals surface area contributed by atoms with Crippen LogP contribution in [0.5, 0.6) is 5.75 Å².